The summed E-state index contributed by atoms with van der Waals surface area (Å²) in [7, 11) is 1.96. The molecule has 1 atom stereocenters. The summed E-state index contributed by atoms with van der Waals surface area (Å²) in [6, 6.07) is 12.9. The number of aliphatic hydroxyl groups excluding tert-OH is 1. The van der Waals surface area contributed by atoms with Crippen LogP contribution in [0.25, 0.3) is 0 Å². The number of carbonyl (C=O) groups is 1. The maximum absolute atomic E-state index is 13.6. The Morgan fingerprint density at radius 2 is 2.00 bits per heavy atom. The predicted molar refractivity (Wildman–Crippen MR) is 93.8 cm³/mol. The lowest BCUT2D eigenvalue weighted by Crippen LogP contribution is -2.32. The monoisotopic (exact) mass is 331 g/mol. The largest absolute Gasteiger partial charge is 0.386 e. The van der Waals surface area contributed by atoms with Crippen LogP contribution in [-0.4, -0.2) is 31.3 Å². The first-order chi connectivity index (χ1) is 11.5. The van der Waals surface area contributed by atoms with Crippen LogP contribution in [0.3, 0.4) is 0 Å². The number of halogens is 1. The molecule has 0 spiro atoms. The van der Waals surface area contributed by atoms with E-state index in [2.05, 4.69) is 10.6 Å². The van der Waals surface area contributed by atoms with E-state index >= 15 is 0 Å². The van der Waals surface area contributed by atoms with Gasteiger partial charge in [0.25, 0.3) is 0 Å². The second-order valence-corrected chi connectivity index (χ2v) is 5.44. The van der Waals surface area contributed by atoms with Crippen molar-refractivity contribution in [2.45, 2.75) is 13.0 Å². The fraction of sp³-hybridized carbons (Fsp3) is 0.278. The molecule has 0 radical (unpaired) electrons. The van der Waals surface area contributed by atoms with Crippen LogP contribution in [0.2, 0.25) is 0 Å². The highest BCUT2D eigenvalue weighted by Gasteiger charge is 2.13. The van der Waals surface area contributed by atoms with Crippen LogP contribution < -0.4 is 15.5 Å². The van der Waals surface area contributed by atoms with Crippen LogP contribution in [0.1, 0.15) is 18.6 Å². The first kappa shape index (κ1) is 17.7. The molecule has 128 valence electrons. The third-order valence-electron chi connectivity index (χ3n) is 3.74. The van der Waals surface area contributed by atoms with Gasteiger partial charge in [0.2, 0.25) is 0 Å². The van der Waals surface area contributed by atoms with E-state index in [1.807, 2.05) is 37.1 Å². The lowest BCUT2D eigenvalue weighted by atomic mass is 10.1. The van der Waals surface area contributed by atoms with Crippen LogP contribution >= 0.6 is 0 Å². The van der Waals surface area contributed by atoms with Crippen molar-refractivity contribution in [1.82, 2.24) is 5.32 Å². The van der Waals surface area contributed by atoms with Crippen molar-refractivity contribution in [3.8, 4) is 0 Å². The smallest absolute Gasteiger partial charge is 0.319 e. The van der Waals surface area contributed by atoms with Gasteiger partial charge in [-0.1, -0.05) is 24.3 Å². The van der Waals surface area contributed by atoms with Crippen molar-refractivity contribution in [3.05, 3.63) is 59.9 Å². The number of hydrogen-bond donors (Lipinski definition) is 3. The Kier molecular flexibility index (Phi) is 6.14. The summed E-state index contributed by atoms with van der Waals surface area (Å²) in [4.78, 5) is 14.0. The SMILES string of the molecule is CCN(C)c1cccc(NC(=O)NCC(O)c2ccccc2F)c1. The summed E-state index contributed by atoms with van der Waals surface area (Å²) in [6.07, 6.45) is -1.10. The molecule has 0 aliphatic rings. The van der Waals surface area contributed by atoms with Gasteiger partial charge in [-0.3, -0.25) is 0 Å². The molecule has 2 amide bonds. The van der Waals surface area contributed by atoms with Gasteiger partial charge in [-0.15, -0.1) is 0 Å². The van der Waals surface area contributed by atoms with E-state index in [0.717, 1.165) is 12.2 Å². The van der Waals surface area contributed by atoms with Gasteiger partial charge in [0.1, 0.15) is 5.82 Å². The molecule has 2 aromatic rings. The quantitative estimate of drug-likeness (QED) is 0.762. The normalized spacial score (nSPS) is 11.7. The highest BCUT2D eigenvalue weighted by atomic mass is 19.1. The standard InChI is InChI=1S/C18H22FN3O2/c1-3-22(2)14-8-6-7-13(11-14)21-18(24)20-12-17(23)15-9-4-5-10-16(15)19/h4-11,17,23H,3,12H2,1-2H3,(H2,20,21,24). The van der Waals surface area contributed by atoms with Gasteiger partial charge in [0.05, 0.1) is 6.10 Å². The summed E-state index contributed by atoms with van der Waals surface area (Å²) in [5, 5.41) is 15.2. The number of amides is 2. The first-order valence-corrected chi connectivity index (χ1v) is 7.79. The molecule has 0 fully saturated rings. The van der Waals surface area contributed by atoms with E-state index in [4.69, 9.17) is 0 Å². The van der Waals surface area contributed by atoms with Crippen molar-refractivity contribution in [3.63, 3.8) is 0 Å². The summed E-state index contributed by atoms with van der Waals surface area (Å²) < 4.78 is 13.6. The summed E-state index contributed by atoms with van der Waals surface area (Å²) in [5.41, 5.74) is 1.79. The average molecular weight is 331 g/mol. The number of rotatable bonds is 6. The molecule has 0 aliphatic heterocycles. The van der Waals surface area contributed by atoms with Crippen molar-refractivity contribution in [2.75, 3.05) is 30.4 Å². The minimum atomic E-state index is -1.10. The Bertz CT molecular complexity index is 693. The molecule has 3 N–H and O–H groups in total. The predicted octanol–water partition coefficient (Wildman–Crippen LogP) is 3.14. The number of nitrogens with one attached hydrogen (secondary N) is 2. The molecule has 2 aromatic carbocycles. The van der Waals surface area contributed by atoms with Gasteiger partial charge in [0, 0.05) is 37.1 Å². The zero-order valence-corrected chi connectivity index (χ0v) is 13.8. The van der Waals surface area contributed by atoms with Crippen LogP contribution in [0.15, 0.2) is 48.5 Å². The van der Waals surface area contributed by atoms with E-state index in [1.165, 1.54) is 12.1 Å². The third kappa shape index (κ3) is 4.70. The van der Waals surface area contributed by atoms with Gasteiger partial charge in [-0.05, 0) is 31.2 Å². The molecule has 1 unspecified atom stereocenters. The molecular formula is C18H22FN3O2. The molecule has 5 nitrogen and oxygen atoms in total. The number of aliphatic hydroxyl groups is 1. The van der Waals surface area contributed by atoms with Gasteiger partial charge < -0.3 is 20.6 Å². The second-order valence-electron chi connectivity index (χ2n) is 5.44. The molecule has 0 saturated heterocycles. The molecule has 24 heavy (non-hydrogen) atoms. The zero-order valence-electron chi connectivity index (χ0n) is 13.8. The van der Waals surface area contributed by atoms with E-state index in [1.54, 1.807) is 18.2 Å². The number of hydrogen-bond acceptors (Lipinski definition) is 3. The van der Waals surface area contributed by atoms with E-state index in [-0.39, 0.29) is 12.1 Å². The Morgan fingerprint density at radius 3 is 2.71 bits per heavy atom. The van der Waals surface area contributed by atoms with Crippen LogP contribution in [-0.2, 0) is 0 Å². The van der Waals surface area contributed by atoms with Crippen molar-refractivity contribution in [1.29, 1.82) is 0 Å². The lowest BCUT2D eigenvalue weighted by molar-refractivity contribution is 0.170. The number of urea groups is 1. The van der Waals surface area contributed by atoms with Crippen molar-refractivity contribution >= 4 is 17.4 Å². The Morgan fingerprint density at radius 1 is 1.25 bits per heavy atom. The number of benzene rings is 2. The van der Waals surface area contributed by atoms with Gasteiger partial charge in [-0.2, -0.15) is 0 Å². The van der Waals surface area contributed by atoms with E-state index in [0.29, 0.717) is 5.69 Å². The number of anilines is 2. The Labute approximate surface area is 141 Å². The summed E-state index contributed by atoms with van der Waals surface area (Å²) in [5.74, 6) is -0.498. The topological polar surface area (TPSA) is 64.6 Å². The maximum Gasteiger partial charge on any atom is 0.319 e. The fourth-order valence-corrected chi connectivity index (χ4v) is 2.22. The molecule has 0 aromatic heterocycles. The maximum atomic E-state index is 13.6. The van der Waals surface area contributed by atoms with Crippen LogP contribution in [0.4, 0.5) is 20.6 Å². The first-order valence-electron chi connectivity index (χ1n) is 7.79. The minimum absolute atomic E-state index is 0.0820. The number of nitrogens with zero attached hydrogens (tertiary/aromatic N) is 1. The fourth-order valence-electron chi connectivity index (χ4n) is 2.22. The molecule has 0 aliphatic carbocycles. The second kappa shape index (κ2) is 8.31. The molecular weight excluding hydrogens is 309 g/mol. The summed E-state index contributed by atoms with van der Waals surface area (Å²) in [6.45, 7) is 2.81. The van der Waals surface area contributed by atoms with Crippen molar-refractivity contribution in [2.24, 2.45) is 0 Å². The minimum Gasteiger partial charge on any atom is -0.386 e. The highest BCUT2D eigenvalue weighted by Crippen LogP contribution is 2.18. The van der Waals surface area contributed by atoms with Crippen molar-refractivity contribution < 1.29 is 14.3 Å². The Balaban J connectivity index is 1.91. The molecule has 6 heteroatoms. The van der Waals surface area contributed by atoms with E-state index in [9.17, 15) is 14.3 Å². The van der Waals surface area contributed by atoms with Gasteiger partial charge in [-0.25, -0.2) is 9.18 Å². The van der Waals surface area contributed by atoms with Gasteiger partial charge in [0.15, 0.2) is 0 Å². The zero-order chi connectivity index (χ0) is 17.5. The Hall–Kier alpha value is -2.60. The van der Waals surface area contributed by atoms with Crippen LogP contribution in [0, 0.1) is 5.82 Å². The molecule has 0 bridgehead atoms. The molecule has 2 rings (SSSR count). The molecule has 0 saturated carbocycles. The average Bonchev–Trinajstić information content (AvgIpc) is 2.59. The van der Waals surface area contributed by atoms with Crippen LogP contribution in [0.5, 0.6) is 0 Å². The highest BCUT2D eigenvalue weighted by molar-refractivity contribution is 5.89. The summed E-state index contributed by atoms with van der Waals surface area (Å²) >= 11 is 0. The molecule has 0 heterocycles. The van der Waals surface area contributed by atoms with Gasteiger partial charge >= 0.3 is 6.03 Å². The number of carbonyl (C=O) groups excluding carboxylic acids is 1. The lowest BCUT2D eigenvalue weighted by Gasteiger charge is -2.18. The third-order valence-corrected chi connectivity index (χ3v) is 3.74. The van der Waals surface area contributed by atoms with E-state index < -0.39 is 18.0 Å².